The maximum absolute atomic E-state index is 11.3. The molecule has 1 fully saturated rings. The van der Waals surface area contributed by atoms with E-state index in [0.717, 1.165) is 24.2 Å². The zero-order valence-electron chi connectivity index (χ0n) is 11.2. The Hall–Kier alpha value is -1.55. The topological polar surface area (TPSA) is 64.4 Å². The number of amides is 1. The molecule has 0 bridgehead atoms. The Labute approximate surface area is 114 Å². The molecule has 0 spiro atoms. The number of carbonyl (C=O) groups is 1. The van der Waals surface area contributed by atoms with Crippen molar-refractivity contribution in [3.63, 3.8) is 0 Å². The van der Waals surface area contributed by atoms with Gasteiger partial charge < -0.3 is 15.8 Å². The zero-order valence-corrected chi connectivity index (χ0v) is 11.2. The second-order valence-electron chi connectivity index (χ2n) is 4.98. The largest absolute Gasteiger partial charge is 0.490 e. The van der Waals surface area contributed by atoms with Gasteiger partial charge in [-0.2, -0.15) is 0 Å². The Kier molecular flexibility index (Phi) is 5.21. The highest BCUT2D eigenvalue weighted by atomic mass is 16.5. The van der Waals surface area contributed by atoms with Gasteiger partial charge in [0.05, 0.1) is 6.10 Å². The van der Waals surface area contributed by atoms with Crippen molar-refractivity contribution >= 4 is 5.91 Å². The van der Waals surface area contributed by atoms with Gasteiger partial charge in [-0.25, -0.2) is 0 Å². The van der Waals surface area contributed by atoms with E-state index in [1.54, 1.807) is 0 Å². The van der Waals surface area contributed by atoms with E-state index in [1.165, 1.54) is 12.8 Å². The average Bonchev–Trinajstić information content (AvgIpc) is 2.91. The lowest BCUT2D eigenvalue weighted by Crippen LogP contribution is -2.24. The maximum Gasteiger partial charge on any atom is 0.221 e. The minimum Gasteiger partial charge on any atom is -0.490 e. The van der Waals surface area contributed by atoms with E-state index in [9.17, 15) is 4.79 Å². The van der Waals surface area contributed by atoms with Gasteiger partial charge in [0.25, 0.3) is 0 Å². The van der Waals surface area contributed by atoms with Gasteiger partial charge in [0.1, 0.15) is 5.75 Å². The van der Waals surface area contributed by atoms with E-state index in [0.29, 0.717) is 25.6 Å². The van der Waals surface area contributed by atoms with Crippen LogP contribution in [0.15, 0.2) is 24.3 Å². The Morgan fingerprint density at radius 2 is 1.95 bits per heavy atom. The van der Waals surface area contributed by atoms with Crippen molar-refractivity contribution in [1.82, 2.24) is 5.32 Å². The lowest BCUT2D eigenvalue weighted by molar-refractivity contribution is -0.121. The van der Waals surface area contributed by atoms with Crippen LogP contribution in [0, 0.1) is 0 Å². The van der Waals surface area contributed by atoms with E-state index in [1.807, 2.05) is 24.3 Å². The maximum atomic E-state index is 11.3. The van der Waals surface area contributed by atoms with Crippen molar-refractivity contribution in [3.8, 4) is 5.75 Å². The highest BCUT2D eigenvalue weighted by molar-refractivity contribution is 5.76. The summed E-state index contributed by atoms with van der Waals surface area (Å²) in [5.74, 6) is 0.915. The fraction of sp³-hybridized carbons (Fsp3) is 0.533. The van der Waals surface area contributed by atoms with E-state index in [2.05, 4.69) is 5.32 Å². The molecule has 1 aliphatic carbocycles. The van der Waals surface area contributed by atoms with E-state index >= 15 is 0 Å². The van der Waals surface area contributed by atoms with Crippen molar-refractivity contribution in [2.24, 2.45) is 5.73 Å². The van der Waals surface area contributed by atoms with Gasteiger partial charge in [0, 0.05) is 19.5 Å². The van der Waals surface area contributed by atoms with Crippen LogP contribution in [0.4, 0.5) is 0 Å². The molecule has 2 rings (SSSR count). The summed E-state index contributed by atoms with van der Waals surface area (Å²) in [7, 11) is 0. The molecular weight excluding hydrogens is 240 g/mol. The molecule has 0 unspecified atom stereocenters. The third-order valence-electron chi connectivity index (χ3n) is 3.39. The molecular formula is C15H22N2O2. The van der Waals surface area contributed by atoms with Crippen LogP contribution in [0.5, 0.6) is 5.75 Å². The molecule has 1 aromatic rings. The van der Waals surface area contributed by atoms with Crippen LogP contribution in [0.25, 0.3) is 0 Å². The van der Waals surface area contributed by atoms with Crippen LogP contribution in [0.2, 0.25) is 0 Å². The van der Waals surface area contributed by atoms with Crippen LogP contribution >= 0.6 is 0 Å². The molecule has 104 valence electrons. The smallest absolute Gasteiger partial charge is 0.221 e. The highest BCUT2D eigenvalue weighted by Gasteiger charge is 2.16. The number of rotatable bonds is 6. The average molecular weight is 262 g/mol. The fourth-order valence-electron chi connectivity index (χ4n) is 2.30. The molecule has 3 N–H and O–H groups in total. The minimum atomic E-state index is -0.00576. The molecule has 0 heterocycles. The summed E-state index contributed by atoms with van der Waals surface area (Å²) < 4.78 is 5.89. The molecule has 0 aromatic heterocycles. The Bertz CT molecular complexity index is 397. The van der Waals surface area contributed by atoms with Crippen LogP contribution in [0.3, 0.4) is 0 Å². The van der Waals surface area contributed by atoms with E-state index in [-0.39, 0.29) is 5.91 Å². The van der Waals surface area contributed by atoms with Crippen LogP contribution < -0.4 is 15.8 Å². The number of hydrogen-bond donors (Lipinski definition) is 2. The minimum absolute atomic E-state index is 0.00576. The van der Waals surface area contributed by atoms with Crippen molar-refractivity contribution in [3.05, 3.63) is 29.8 Å². The van der Waals surface area contributed by atoms with Gasteiger partial charge in [-0.05, 0) is 43.4 Å². The standard InChI is InChI=1S/C15H22N2O2/c16-10-9-15(18)17-11-12-5-7-14(8-6-12)19-13-3-1-2-4-13/h5-8,13H,1-4,9-11,16H2,(H,17,18). The molecule has 0 saturated heterocycles. The normalized spacial score (nSPS) is 15.4. The van der Waals surface area contributed by atoms with Crippen molar-refractivity contribution in [1.29, 1.82) is 0 Å². The molecule has 4 heteroatoms. The monoisotopic (exact) mass is 262 g/mol. The molecule has 1 amide bonds. The lowest BCUT2D eigenvalue weighted by atomic mass is 10.2. The van der Waals surface area contributed by atoms with Crippen LogP contribution in [0.1, 0.15) is 37.7 Å². The van der Waals surface area contributed by atoms with Crippen LogP contribution in [-0.2, 0) is 11.3 Å². The van der Waals surface area contributed by atoms with Gasteiger partial charge in [0.2, 0.25) is 5.91 Å². The predicted molar refractivity (Wildman–Crippen MR) is 74.8 cm³/mol. The molecule has 1 aliphatic rings. The summed E-state index contributed by atoms with van der Waals surface area (Å²) in [5.41, 5.74) is 6.39. The summed E-state index contributed by atoms with van der Waals surface area (Å²) in [6.45, 7) is 0.933. The molecule has 1 saturated carbocycles. The number of hydrogen-bond acceptors (Lipinski definition) is 3. The summed E-state index contributed by atoms with van der Waals surface area (Å²) in [6.07, 6.45) is 5.64. The molecule has 0 atom stereocenters. The van der Waals surface area contributed by atoms with Gasteiger partial charge in [-0.1, -0.05) is 12.1 Å². The number of ether oxygens (including phenoxy) is 1. The van der Waals surface area contributed by atoms with Crippen molar-refractivity contribution in [2.75, 3.05) is 6.54 Å². The quantitative estimate of drug-likeness (QED) is 0.824. The molecule has 0 radical (unpaired) electrons. The SMILES string of the molecule is NCCC(=O)NCc1ccc(OC2CCCC2)cc1. The summed E-state index contributed by atoms with van der Waals surface area (Å²) >= 11 is 0. The predicted octanol–water partition coefficient (Wildman–Crippen LogP) is 1.97. The third-order valence-corrected chi connectivity index (χ3v) is 3.39. The van der Waals surface area contributed by atoms with Gasteiger partial charge >= 0.3 is 0 Å². The van der Waals surface area contributed by atoms with Crippen molar-refractivity contribution in [2.45, 2.75) is 44.8 Å². The van der Waals surface area contributed by atoms with Crippen LogP contribution in [-0.4, -0.2) is 18.6 Å². The molecule has 0 aliphatic heterocycles. The van der Waals surface area contributed by atoms with Crippen molar-refractivity contribution < 1.29 is 9.53 Å². The zero-order chi connectivity index (χ0) is 13.5. The highest BCUT2D eigenvalue weighted by Crippen LogP contribution is 2.24. The van der Waals surface area contributed by atoms with E-state index in [4.69, 9.17) is 10.5 Å². The van der Waals surface area contributed by atoms with Gasteiger partial charge in [-0.15, -0.1) is 0 Å². The first-order valence-electron chi connectivity index (χ1n) is 7.00. The van der Waals surface area contributed by atoms with Gasteiger partial charge in [-0.3, -0.25) is 4.79 Å². The molecule has 1 aromatic carbocycles. The Balaban J connectivity index is 1.79. The fourth-order valence-corrected chi connectivity index (χ4v) is 2.30. The van der Waals surface area contributed by atoms with E-state index < -0.39 is 0 Å². The second-order valence-corrected chi connectivity index (χ2v) is 4.98. The summed E-state index contributed by atoms with van der Waals surface area (Å²) in [6, 6.07) is 7.94. The third kappa shape index (κ3) is 4.56. The van der Waals surface area contributed by atoms with Gasteiger partial charge in [0.15, 0.2) is 0 Å². The second kappa shape index (κ2) is 7.14. The first-order chi connectivity index (χ1) is 9.28. The number of nitrogens with two attached hydrogens (primary N) is 1. The number of benzene rings is 1. The Morgan fingerprint density at radius 3 is 2.58 bits per heavy atom. The summed E-state index contributed by atoms with van der Waals surface area (Å²) in [4.78, 5) is 11.3. The first kappa shape index (κ1) is 13.9. The number of carbonyl (C=O) groups excluding carboxylic acids is 1. The lowest BCUT2D eigenvalue weighted by Gasteiger charge is -2.13. The summed E-state index contributed by atoms with van der Waals surface area (Å²) in [5, 5.41) is 2.83. The first-order valence-corrected chi connectivity index (χ1v) is 7.00. The Morgan fingerprint density at radius 1 is 1.26 bits per heavy atom. The number of nitrogens with one attached hydrogen (secondary N) is 1. The molecule has 19 heavy (non-hydrogen) atoms. The molecule has 4 nitrogen and oxygen atoms in total.